The molecule has 0 aromatic rings. The summed E-state index contributed by atoms with van der Waals surface area (Å²) in [6, 6.07) is 1.22. The summed E-state index contributed by atoms with van der Waals surface area (Å²) < 4.78 is 5.97. The molecule has 0 bridgehead atoms. The van der Waals surface area contributed by atoms with Crippen LogP contribution in [0.1, 0.15) is 6.42 Å². The van der Waals surface area contributed by atoms with Crippen molar-refractivity contribution in [3.05, 3.63) is 12.7 Å². The van der Waals surface area contributed by atoms with Crippen molar-refractivity contribution in [2.24, 2.45) is 0 Å². The zero-order valence-electron chi connectivity index (χ0n) is 8.18. The van der Waals surface area contributed by atoms with Gasteiger partial charge in [0.1, 0.15) is 0 Å². The van der Waals surface area contributed by atoms with Gasteiger partial charge in [0, 0.05) is 0 Å². The zero-order chi connectivity index (χ0) is 8.91. The van der Waals surface area contributed by atoms with Crippen LogP contribution < -0.4 is 0 Å². The number of allylic oxidation sites excluding steroid dienone is 1. The molecule has 0 aliphatic carbocycles. The summed E-state index contributed by atoms with van der Waals surface area (Å²) in [5, 5.41) is 0. The molecule has 3 heteroatoms. The number of hydrogen-bond acceptors (Lipinski definition) is 1. The first-order chi connectivity index (χ1) is 4.98. The molecule has 0 radical (unpaired) electrons. The molecule has 0 unspecified atom stereocenters. The van der Waals surface area contributed by atoms with Crippen LogP contribution in [0, 0.1) is 0 Å². The monoisotopic (exact) mass is 188 g/mol. The third kappa shape index (κ3) is 6.53. The molecule has 0 atom stereocenters. The van der Waals surface area contributed by atoms with Gasteiger partial charge < -0.3 is 4.12 Å². The van der Waals surface area contributed by atoms with Gasteiger partial charge in [0.15, 0.2) is 17.4 Å². The Morgan fingerprint density at radius 1 is 1.45 bits per heavy atom. The van der Waals surface area contributed by atoms with Gasteiger partial charge in [-0.2, -0.15) is 0 Å². The minimum Gasteiger partial charge on any atom is -0.458 e. The summed E-state index contributed by atoms with van der Waals surface area (Å²) in [7, 11) is -2.11. The second-order valence-corrected chi connectivity index (χ2v) is 10.8. The van der Waals surface area contributed by atoms with Crippen LogP contribution in [0.3, 0.4) is 0 Å². The Bertz CT molecular complexity index is 121. The normalized spacial score (nSPS) is 12.1. The van der Waals surface area contributed by atoms with E-state index in [1.807, 2.05) is 6.08 Å². The molecule has 0 fully saturated rings. The van der Waals surface area contributed by atoms with E-state index >= 15 is 0 Å². The lowest BCUT2D eigenvalue weighted by Crippen LogP contribution is -2.34. The van der Waals surface area contributed by atoms with Crippen LogP contribution in [-0.4, -0.2) is 17.4 Å². The molecule has 0 aromatic heterocycles. The highest BCUT2D eigenvalue weighted by Gasteiger charge is 2.21. The average Bonchev–Trinajstić information content (AvgIpc) is 1.81. The molecule has 66 valence electrons. The van der Waals surface area contributed by atoms with E-state index in [-0.39, 0.29) is 0 Å². The summed E-state index contributed by atoms with van der Waals surface area (Å²) in [4.78, 5) is 0. The summed E-state index contributed by atoms with van der Waals surface area (Å²) in [5.41, 5.74) is 0. The second kappa shape index (κ2) is 4.90. The summed E-state index contributed by atoms with van der Waals surface area (Å²) >= 11 is 0. The van der Waals surface area contributed by atoms with Gasteiger partial charge in [-0.1, -0.05) is 6.08 Å². The third-order valence-electron chi connectivity index (χ3n) is 1.51. The Morgan fingerprint density at radius 3 is 2.36 bits per heavy atom. The van der Waals surface area contributed by atoms with Gasteiger partial charge in [-0.15, -0.1) is 6.58 Å². The highest BCUT2D eigenvalue weighted by Crippen LogP contribution is 2.14. The standard InChI is InChI=1S/C8H20OSi2/c1-6-7-8-11(4,5)9-10(2)3/h6,10H,1,7-8H2,2-5H3. The Hall–Kier alpha value is 0.134. The maximum atomic E-state index is 5.97. The molecular formula is C8H20OSi2. The molecule has 0 spiro atoms. The predicted octanol–water partition coefficient (Wildman–Crippen LogP) is 2.77. The lowest BCUT2D eigenvalue weighted by atomic mass is 10.5. The van der Waals surface area contributed by atoms with Gasteiger partial charge in [-0.25, -0.2) is 0 Å². The van der Waals surface area contributed by atoms with E-state index in [2.05, 4.69) is 32.8 Å². The van der Waals surface area contributed by atoms with Crippen LogP contribution in [0.15, 0.2) is 12.7 Å². The van der Waals surface area contributed by atoms with Crippen molar-refractivity contribution in [1.82, 2.24) is 0 Å². The molecule has 1 nitrogen and oxygen atoms in total. The van der Waals surface area contributed by atoms with Crippen LogP contribution >= 0.6 is 0 Å². The average molecular weight is 188 g/mol. The highest BCUT2D eigenvalue weighted by molar-refractivity contribution is 6.77. The molecule has 0 heterocycles. The number of hydrogen-bond donors (Lipinski definition) is 0. The molecule has 0 N–H and O–H groups in total. The Balaban J connectivity index is 3.69. The minimum absolute atomic E-state index is 0.811. The van der Waals surface area contributed by atoms with Gasteiger partial charge >= 0.3 is 0 Å². The van der Waals surface area contributed by atoms with Crippen molar-refractivity contribution in [3.63, 3.8) is 0 Å². The van der Waals surface area contributed by atoms with Crippen molar-refractivity contribution in [3.8, 4) is 0 Å². The quantitative estimate of drug-likeness (QED) is 0.476. The molecule has 0 aliphatic heterocycles. The molecule has 0 saturated carbocycles. The zero-order valence-corrected chi connectivity index (χ0v) is 10.3. The second-order valence-electron chi connectivity index (χ2n) is 3.75. The predicted molar refractivity (Wildman–Crippen MR) is 57.1 cm³/mol. The van der Waals surface area contributed by atoms with Crippen LogP contribution in [0.2, 0.25) is 32.2 Å². The Kier molecular flexibility index (Phi) is 4.96. The third-order valence-corrected chi connectivity index (χ3v) is 7.44. The first-order valence-corrected chi connectivity index (χ1v) is 10.2. The van der Waals surface area contributed by atoms with Crippen molar-refractivity contribution >= 4 is 17.4 Å². The Labute approximate surface area is 73.3 Å². The van der Waals surface area contributed by atoms with Crippen LogP contribution in [0.4, 0.5) is 0 Å². The van der Waals surface area contributed by atoms with E-state index in [4.69, 9.17) is 4.12 Å². The van der Waals surface area contributed by atoms with Gasteiger partial charge in [-0.05, 0) is 38.7 Å². The first-order valence-electron chi connectivity index (χ1n) is 4.26. The molecule has 0 rings (SSSR count). The maximum absolute atomic E-state index is 5.97. The van der Waals surface area contributed by atoms with E-state index in [1.165, 1.54) is 6.04 Å². The fourth-order valence-electron chi connectivity index (χ4n) is 1.15. The topological polar surface area (TPSA) is 9.23 Å². The molecule has 0 saturated heterocycles. The van der Waals surface area contributed by atoms with Crippen LogP contribution in [0.5, 0.6) is 0 Å². The minimum atomic E-state index is -1.30. The van der Waals surface area contributed by atoms with Crippen molar-refractivity contribution < 1.29 is 4.12 Å². The molecule has 0 amide bonds. The van der Waals surface area contributed by atoms with Crippen molar-refractivity contribution in [1.29, 1.82) is 0 Å². The lowest BCUT2D eigenvalue weighted by Gasteiger charge is -2.24. The summed E-state index contributed by atoms with van der Waals surface area (Å²) in [6.45, 7) is 12.8. The van der Waals surface area contributed by atoms with E-state index in [0.29, 0.717) is 0 Å². The van der Waals surface area contributed by atoms with E-state index in [1.54, 1.807) is 0 Å². The number of rotatable bonds is 5. The molecule has 0 aliphatic rings. The lowest BCUT2D eigenvalue weighted by molar-refractivity contribution is 0.570. The van der Waals surface area contributed by atoms with Crippen LogP contribution in [-0.2, 0) is 4.12 Å². The largest absolute Gasteiger partial charge is 0.458 e. The van der Waals surface area contributed by atoms with Gasteiger partial charge in [-0.3, -0.25) is 0 Å². The van der Waals surface area contributed by atoms with E-state index in [9.17, 15) is 0 Å². The molecule has 0 aromatic carbocycles. The maximum Gasteiger partial charge on any atom is 0.173 e. The highest BCUT2D eigenvalue weighted by atomic mass is 28.4. The molecular weight excluding hydrogens is 168 g/mol. The SMILES string of the molecule is C=CCC[Si](C)(C)O[SiH](C)C. The van der Waals surface area contributed by atoms with Crippen molar-refractivity contribution in [2.45, 2.75) is 38.7 Å². The molecule has 11 heavy (non-hydrogen) atoms. The van der Waals surface area contributed by atoms with Gasteiger partial charge in [0.05, 0.1) is 0 Å². The van der Waals surface area contributed by atoms with Crippen LogP contribution in [0.25, 0.3) is 0 Å². The van der Waals surface area contributed by atoms with E-state index < -0.39 is 17.4 Å². The van der Waals surface area contributed by atoms with E-state index in [0.717, 1.165) is 6.42 Å². The fraction of sp³-hybridized carbons (Fsp3) is 0.750. The van der Waals surface area contributed by atoms with Crippen molar-refractivity contribution in [2.75, 3.05) is 0 Å². The first kappa shape index (κ1) is 11.1. The van der Waals surface area contributed by atoms with Gasteiger partial charge in [0.25, 0.3) is 0 Å². The smallest absolute Gasteiger partial charge is 0.173 e. The summed E-state index contributed by atoms with van der Waals surface area (Å²) in [5.74, 6) is 0. The van der Waals surface area contributed by atoms with Gasteiger partial charge in [0.2, 0.25) is 0 Å². The Morgan fingerprint density at radius 2 is 2.00 bits per heavy atom. The fourth-order valence-corrected chi connectivity index (χ4v) is 7.62. The summed E-state index contributed by atoms with van der Waals surface area (Å²) in [6.07, 6.45) is 3.10.